The quantitative estimate of drug-likeness (QED) is 0.903. The van der Waals surface area contributed by atoms with Crippen molar-refractivity contribution < 1.29 is 13.9 Å². The molecule has 0 heterocycles. The molecule has 0 aromatic heterocycles. The molecule has 20 heavy (non-hydrogen) atoms. The minimum absolute atomic E-state index is 0.303. The van der Waals surface area contributed by atoms with Gasteiger partial charge in [0.2, 0.25) is 0 Å². The van der Waals surface area contributed by atoms with Crippen LogP contribution >= 0.6 is 0 Å². The first-order valence-corrected chi connectivity index (χ1v) is 6.41. The molecule has 1 atom stereocenters. The number of ether oxygens (including phenoxy) is 2. The Morgan fingerprint density at radius 2 is 2.00 bits per heavy atom. The predicted octanol–water partition coefficient (Wildman–Crippen LogP) is 3.78. The summed E-state index contributed by atoms with van der Waals surface area (Å²) in [5.41, 5.74) is 7.50. The first-order valence-electron chi connectivity index (χ1n) is 6.41. The summed E-state index contributed by atoms with van der Waals surface area (Å²) in [5, 5.41) is 0. The van der Waals surface area contributed by atoms with Gasteiger partial charge in [-0.1, -0.05) is 12.1 Å². The summed E-state index contributed by atoms with van der Waals surface area (Å²) in [7, 11) is 1.64. The second-order valence-corrected chi connectivity index (χ2v) is 4.65. The highest BCUT2D eigenvalue weighted by Crippen LogP contribution is 2.29. The molecule has 0 amide bonds. The molecule has 0 saturated heterocycles. The Morgan fingerprint density at radius 3 is 2.70 bits per heavy atom. The van der Waals surface area contributed by atoms with Crippen LogP contribution in [-0.2, 0) is 11.3 Å². The third kappa shape index (κ3) is 3.56. The average Bonchev–Trinajstić information content (AvgIpc) is 2.41. The molecule has 0 aliphatic heterocycles. The highest BCUT2D eigenvalue weighted by molar-refractivity contribution is 5.40. The smallest absolute Gasteiger partial charge is 0.132 e. The van der Waals surface area contributed by atoms with Gasteiger partial charge in [0.15, 0.2) is 0 Å². The second-order valence-electron chi connectivity index (χ2n) is 4.65. The van der Waals surface area contributed by atoms with Crippen molar-refractivity contribution in [3.8, 4) is 11.5 Å². The SMILES string of the molecule is COCc1cccc(Oc2ccc(F)cc2C(C)N)c1. The Bertz CT molecular complexity index is 584. The van der Waals surface area contributed by atoms with Gasteiger partial charge in [-0.05, 0) is 42.8 Å². The molecule has 0 radical (unpaired) electrons. The first kappa shape index (κ1) is 14.5. The van der Waals surface area contributed by atoms with Gasteiger partial charge in [0.25, 0.3) is 0 Å². The maximum absolute atomic E-state index is 13.3. The zero-order chi connectivity index (χ0) is 14.5. The van der Waals surface area contributed by atoms with Crippen molar-refractivity contribution >= 4 is 0 Å². The van der Waals surface area contributed by atoms with Crippen LogP contribution in [0.2, 0.25) is 0 Å². The summed E-state index contributed by atoms with van der Waals surface area (Å²) >= 11 is 0. The summed E-state index contributed by atoms with van der Waals surface area (Å²) < 4.78 is 24.2. The van der Waals surface area contributed by atoms with E-state index in [0.717, 1.165) is 5.56 Å². The molecule has 2 aromatic carbocycles. The number of hydrogen-bond acceptors (Lipinski definition) is 3. The summed E-state index contributed by atoms with van der Waals surface area (Å²) in [4.78, 5) is 0. The summed E-state index contributed by atoms with van der Waals surface area (Å²) in [6.07, 6.45) is 0. The molecule has 1 unspecified atom stereocenters. The topological polar surface area (TPSA) is 44.5 Å². The normalized spacial score (nSPS) is 12.2. The molecule has 0 aliphatic carbocycles. The molecule has 0 fully saturated rings. The van der Waals surface area contributed by atoms with Crippen LogP contribution in [0, 0.1) is 5.82 Å². The number of halogens is 1. The number of hydrogen-bond donors (Lipinski definition) is 1. The molecule has 3 nitrogen and oxygen atoms in total. The van der Waals surface area contributed by atoms with Crippen LogP contribution < -0.4 is 10.5 Å². The van der Waals surface area contributed by atoms with E-state index in [1.807, 2.05) is 24.3 Å². The first-order chi connectivity index (χ1) is 9.60. The number of rotatable bonds is 5. The maximum Gasteiger partial charge on any atom is 0.132 e. The molecule has 2 rings (SSSR count). The third-order valence-corrected chi connectivity index (χ3v) is 2.90. The maximum atomic E-state index is 13.3. The van der Waals surface area contributed by atoms with E-state index < -0.39 is 0 Å². The zero-order valence-corrected chi connectivity index (χ0v) is 11.6. The Labute approximate surface area is 118 Å². The lowest BCUT2D eigenvalue weighted by molar-refractivity contribution is 0.184. The van der Waals surface area contributed by atoms with E-state index in [2.05, 4.69) is 0 Å². The van der Waals surface area contributed by atoms with E-state index in [9.17, 15) is 4.39 Å². The molecule has 0 aliphatic rings. The van der Waals surface area contributed by atoms with Gasteiger partial charge in [0, 0.05) is 18.7 Å². The van der Waals surface area contributed by atoms with Crippen molar-refractivity contribution in [2.24, 2.45) is 5.73 Å². The van der Waals surface area contributed by atoms with Crippen molar-refractivity contribution in [1.82, 2.24) is 0 Å². The largest absolute Gasteiger partial charge is 0.457 e. The molecular weight excluding hydrogens is 257 g/mol. The van der Waals surface area contributed by atoms with Gasteiger partial charge in [-0.3, -0.25) is 0 Å². The molecule has 0 spiro atoms. The van der Waals surface area contributed by atoms with Gasteiger partial charge in [-0.15, -0.1) is 0 Å². The fraction of sp³-hybridized carbons (Fsp3) is 0.250. The van der Waals surface area contributed by atoms with Gasteiger partial charge < -0.3 is 15.2 Å². The molecule has 0 bridgehead atoms. The molecule has 106 valence electrons. The fourth-order valence-electron chi connectivity index (χ4n) is 1.96. The van der Waals surface area contributed by atoms with Crippen LogP contribution in [0.3, 0.4) is 0 Å². The summed E-state index contributed by atoms with van der Waals surface area (Å²) in [5.74, 6) is 0.918. The summed E-state index contributed by atoms with van der Waals surface area (Å²) in [6.45, 7) is 2.31. The van der Waals surface area contributed by atoms with Crippen LogP contribution in [0.4, 0.5) is 4.39 Å². The highest BCUT2D eigenvalue weighted by Gasteiger charge is 2.10. The van der Waals surface area contributed by atoms with E-state index in [-0.39, 0.29) is 11.9 Å². The van der Waals surface area contributed by atoms with Crippen molar-refractivity contribution in [3.63, 3.8) is 0 Å². The van der Waals surface area contributed by atoms with E-state index >= 15 is 0 Å². The Morgan fingerprint density at radius 1 is 1.20 bits per heavy atom. The molecule has 2 N–H and O–H groups in total. The van der Waals surface area contributed by atoms with E-state index in [0.29, 0.717) is 23.7 Å². The van der Waals surface area contributed by atoms with Gasteiger partial charge in [-0.25, -0.2) is 4.39 Å². The van der Waals surface area contributed by atoms with Crippen LogP contribution in [0.1, 0.15) is 24.1 Å². The number of benzene rings is 2. The van der Waals surface area contributed by atoms with Gasteiger partial charge in [-0.2, -0.15) is 0 Å². The second kappa shape index (κ2) is 6.50. The fourth-order valence-corrected chi connectivity index (χ4v) is 1.96. The van der Waals surface area contributed by atoms with E-state index in [1.165, 1.54) is 12.1 Å². The molecule has 2 aromatic rings. The average molecular weight is 275 g/mol. The predicted molar refractivity (Wildman–Crippen MR) is 76.2 cm³/mol. The van der Waals surface area contributed by atoms with Crippen molar-refractivity contribution in [3.05, 3.63) is 59.4 Å². The zero-order valence-electron chi connectivity index (χ0n) is 11.6. The van der Waals surface area contributed by atoms with Crippen molar-refractivity contribution in [2.75, 3.05) is 7.11 Å². The standard InChI is InChI=1S/C16H18FNO2/c1-11(18)15-9-13(17)6-7-16(15)20-14-5-3-4-12(8-14)10-19-2/h3-9,11H,10,18H2,1-2H3. The Balaban J connectivity index is 2.27. The van der Waals surface area contributed by atoms with Crippen LogP contribution in [0.15, 0.2) is 42.5 Å². The highest BCUT2D eigenvalue weighted by atomic mass is 19.1. The van der Waals surface area contributed by atoms with Gasteiger partial charge in [0.05, 0.1) is 6.61 Å². The minimum atomic E-state index is -0.321. The van der Waals surface area contributed by atoms with Gasteiger partial charge >= 0.3 is 0 Å². The van der Waals surface area contributed by atoms with Crippen LogP contribution in [-0.4, -0.2) is 7.11 Å². The van der Waals surface area contributed by atoms with Crippen molar-refractivity contribution in [2.45, 2.75) is 19.6 Å². The van der Waals surface area contributed by atoms with E-state index in [1.54, 1.807) is 20.1 Å². The molecular formula is C16H18FNO2. The number of nitrogens with two attached hydrogens (primary N) is 1. The molecule has 4 heteroatoms. The van der Waals surface area contributed by atoms with Crippen molar-refractivity contribution in [1.29, 1.82) is 0 Å². The van der Waals surface area contributed by atoms with E-state index in [4.69, 9.17) is 15.2 Å². The summed E-state index contributed by atoms with van der Waals surface area (Å²) in [6, 6.07) is 11.6. The Kier molecular flexibility index (Phi) is 4.71. The third-order valence-electron chi connectivity index (χ3n) is 2.90. The monoisotopic (exact) mass is 275 g/mol. The van der Waals surface area contributed by atoms with Crippen LogP contribution in [0.5, 0.6) is 11.5 Å². The lowest BCUT2D eigenvalue weighted by Crippen LogP contribution is -2.07. The lowest BCUT2D eigenvalue weighted by atomic mass is 10.1. The molecule has 0 saturated carbocycles. The number of methoxy groups -OCH3 is 1. The lowest BCUT2D eigenvalue weighted by Gasteiger charge is -2.14. The Hall–Kier alpha value is -1.91. The van der Waals surface area contributed by atoms with Crippen LogP contribution in [0.25, 0.3) is 0 Å². The minimum Gasteiger partial charge on any atom is -0.457 e. The van der Waals surface area contributed by atoms with Gasteiger partial charge in [0.1, 0.15) is 17.3 Å².